The fourth-order valence-electron chi connectivity index (χ4n) is 2.14. The van der Waals surface area contributed by atoms with E-state index in [-0.39, 0.29) is 5.54 Å². The molecule has 0 fully saturated rings. The lowest BCUT2D eigenvalue weighted by Crippen LogP contribution is -2.47. The van der Waals surface area contributed by atoms with Crippen LogP contribution in [0.1, 0.15) is 44.7 Å². The minimum Gasteiger partial charge on any atom is -0.496 e. The van der Waals surface area contributed by atoms with E-state index >= 15 is 0 Å². The van der Waals surface area contributed by atoms with Crippen LogP contribution in [0, 0.1) is 6.92 Å². The number of hydrogen-bond acceptors (Lipinski definition) is 3. The molecule has 2 N–H and O–H groups in total. The number of ether oxygens (including phenoxy) is 1. The minimum atomic E-state index is -0.0619. The topological polar surface area (TPSA) is 38.5 Å². The maximum atomic E-state index is 5.88. The molecular weight excluding hydrogens is 236 g/mol. The van der Waals surface area contributed by atoms with E-state index in [0.29, 0.717) is 12.5 Å². The smallest absolute Gasteiger partial charge is 0.122 e. The Morgan fingerprint density at radius 3 is 2.32 bits per heavy atom. The number of rotatable bonds is 5. The molecule has 0 aliphatic heterocycles. The Morgan fingerprint density at radius 2 is 1.89 bits per heavy atom. The first-order valence-corrected chi connectivity index (χ1v) is 6.87. The number of likely N-dealkylation sites (N-methyl/N-ethyl adjacent to an activating group) is 1. The van der Waals surface area contributed by atoms with Gasteiger partial charge in [-0.2, -0.15) is 0 Å². The van der Waals surface area contributed by atoms with E-state index in [1.165, 1.54) is 16.8 Å². The number of benzene rings is 1. The molecule has 0 radical (unpaired) electrons. The van der Waals surface area contributed by atoms with Crippen LogP contribution in [0.2, 0.25) is 0 Å². The molecule has 19 heavy (non-hydrogen) atoms. The highest BCUT2D eigenvalue weighted by atomic mass is 16.5. The number of aryl methyl sites for hydroxylation is 1. The summed E-state index contributed by atoms with van der Waals surface area (Å²) in [6.07, 6.45) is 0. The average molecular weight is 264 g/mol. The van der Waals surface area contributed by atoms with E-state index in [1.54, 1.807) is 7.11 Å². The lowest BCUT2D eigenvalue weighted by molar-refractivity contribution is 0.407. The van der Waals surface area contributed by atoms with Gasteiger partial charge in [0.2, 0.25) is 0 Å². The normalized spacial score (nSPS) is 11.8. The zero-order valence-corrected chi connectivity index (χ0v) is 13.4. The van der Waals surface area contributed by atoms with Crippen molar-refractivity contribution < 1.29 is 4.74 Å². The fourth-order valence-corrected chi connectivity index (χ4v) is 2.14. The lowest BCUT2D eigenvalue weighted by Gasteiger charge is -2.38. The highest BCUT2D eigenvalue weighted by molar-refractivity contribution is 5.60. The van der Waals surface area contributed by atoms with Crippen molar-refractivity contribution in [3.8, 4) is 5.75 Å². The summed E-state index contributed by atoms with van der Waals surface area (Å²) >= 11 is 0. The highest BCUT2D eigenvalue weighted by Crippen LogP contribution is 2.35. The van der Waals surface area contributed by atoms with Gasteiger partial charge >= 0.3 is 0 Å². The molecule has 1 rings (SSSR count). The number of hydrogen-bond donors (Lipinski definition) is 1. The van der Waals surface area contributed by atoms with Crippen molar-refractivity contribution in [2.45, 2.75) is 46.1 Å². The van der Waals surface area contributed by atoms with Crippen LogP contribution in [0.25, 0.3) is 0 Å². The molecule has 0 saturated carbocycles. The van der Waals surface area contributed by atoms with Gasteiger partial charge in [0.1, 0.15) is 5.75 Å². The molecule has 0 unspecified atom stereocenters. The Balaban J connectivity index is 3.33. The van der Waals surface area contributed by atoms with Gasteiger partial charge in [-0.25, -0.2) is 0 Å². The summed E-state index contributed by atoms with van der Waals surface area (Å²) < 4.78 is 5.49. The second-order valence-electron chi connectivity index (χ2n) is 6.11. The van der Waals surface area contributed by atoms with Crippen molar-refractivity contribution in [1.82, 2.24) is 0 Å². The molecule has 3 nitrogen and oxygen atoms in total. The van der Waals surface area contributed by atoms with Crippen molar-refractivity contribution in [3.63, 3.8) is 0 Å². The summed E-state index contributed by atoms with van der Waals surface area (Å²) in [5.74, 6) is 1.40. The predicted molar refractivity (Wildman–Crippen MR) is 83.4 cm³/mol. The molecule has 0 amide bonds. The maximum absolute atomic E-state index is 5.88. The SMILES string of the molecule is COc1cc(C)c(N(C)C(C)(C)CN)cc1C(C)C. The third kappa shape index (κ3) is 3.21. The van der Waals surface area contributed by atoms with E-state index in [9.17, 15) is 0 Å². The van der Waals surface area contributed by atoms with Gasteiger partial charge in [-0.1, -0.05) is 13.8 Å². The van der Waals surface area contributed by atoms with Gasteiger partial charge in [0.15, 0.2) is 0 Å². The Hall–Kier alpha value is -1.22. The Bertz CT molecular complexity index is 439. The summed E-state index contributed by atoms with van der Waals surface area (Å²) in [6.45, 7) is 11.4. The number of nitrogens with two attached hydrogens (primary N) is 1. The highest BCUT2D eigenvalue weighted by Gasteiger charge is 2.24. The van der Waals surface area contributed by atoms with E-state index < -0.39 is 0 Å². The molecular formula is C16H28N2O. The van der Waals surface area contributed by atoms with Crippen LogP contribution in [0.15, 0.2) is 12.1 Å². The maximum Gasteiger partial charge on any atom is 0.122 e. The van der Waals surface area contributed by atoms with Crippen LogP contribution >= 0.6 is 0 Å². The molecule has 0 aliphatic rings. The molecule has 1 aromatic carbocycles. The van der Waals surface area contributed by atoms with E-state index in [0.717, 1.165) is 5.75 Å². The largest absolute Gasteiger partial charge is 0.496 e. The zero-order valence-electron chi connectivity index (χ0n) is 13.4. The standard InChI is InChI=1S/C16H28N2O/c1-11(2)13-9-14(12(3)8-15(13)19-7)18(6)16(4,5)10-17/h8-9,11H,10,17H2,1-7H3. The first kappa shape index (κ1) is 15.8. The van der Waals surface area contributed by atoms with Gasteiger partial charge in [0, 0.05) is 24.8 Å². The van der Waals surface area contributed by atoms with Crippen molar-refractivity contribution in [2.24, 2.45) is 5.73 Å². The summed E-state index contributed by atoms with van der Waals surface area (Å²) in [4.78, 5) is 2.26. The van der Waals surface area contributed by atoms with Gasteiger partial charge in [-0.15, -0.1) is 0 Å². The van der Waals surface area contributed by atoms with Crippen molar-refractivity contribution >= 4 is 5.69 Å². The molecule has 0 spiro atoms. The van der Waals surface area contributed by atoms with Crippen LogP contribution in [0.3, 0.4) is 0 Å². The Morgan fingerprint density at radius 1 is 1.32 bits per heavy atom. The second kappa shape index (κ2) is 5.83. The van der Waals surface area contributed by atoms with E-state index in [4.69, 9.17) is 10.5 Å². The first-order valence-electron chi connectivity index (χ1n) is 6.87. The average Bonchev–Trinajstić information content (AvgIpc) is 2.37. The zero-order chi connectivity index (χ0) is 14.8. The van der Waals surface area contributed by atoms with Crippen molar-refractivity contribution in [3.05, 3.63) is 23.3 Å². The quantitative estimate of drug-likeness (QED) is 0.887. The van der Waals surface area contributed by atoms with Crippen LogP contribution in [-0.2, 0) is 0 Å². The molecule has 108 valence electrons. The van der Waals surface area contributed by atoms with Crippen molar-refractivity contribution in [1.29, 1.82) is 0 Å². The summed E-state index contributed by atoms with van der Waals surface area (Å²) in [7, 11) is 3.83. The van der Waals surface area contributed by atoms with E-state index in [2.05, 4.69) is 58.7 Å². The molecule has 0 aliphatic carbocycles. The van der Waals surface area contributed by atoms with Gasteiger partial charge in [0.25, 0.3) is 0 Å². The van der Waals surface area contributed by atoms with Crippen LogP contribution in [-0.4, -0.2) is 26.2 Å². The molecule has 3 heteroatoms. The van der Waals surface area contributed by atoms with Gasteiger partial charge in [-0.3, -0.25) is 0 Å². The van der Waals surface area contributed by atoms with Gasteiger partial charge in [0.05, 0.1) is 7.11 Å². The Kier molecular flexibility index (Phi) is 4.86. The second-order valence-corrected chi connectivity index (χ2v) is 6.11. The monoisotopic (exact) mass is 264 g/mol. The molecule has 0 saturated heterocycles. The third-order valence-corrected chi connectivity index (χ3v) is 3.94. The van der Waals surface area contributed by atoms with Gasteiger partial charge < -0.3 is 15.4 Å². The van der Waals surface area contributed by atoms with E-state index in [1.807, 2.05) is 0 Å². The number of nitrogens with zero attached hydrogens (tertiary/aromatic N) is 1. The number of methoxy groups -OCH3 is 1. The molecule has 0 heterocycles. The number of anilines is 1. The molecule has 0 bridgehead atoms. The molecule has 0 aromatic heterocycles. The molecule has 1 aromatic rings. The minimum absolute atomic E-state index is 0.0619. The fraction of sp³-hybridized carbons (Fsp3) is 0.625. The van der Waals surface area contributed by atoms with Crippen LogP contribution < -0.4 is 15.4 Å². The van der Waals surface area contributed by atoms with Gasteiger partial charge in [-0.05, 0) is 49.9 Å². The summed E-state index contributed by atoms with van der Waals surface area (Å²) in [6, 6.07) is 4.35. The summed E-state index contributed by atoms with van der Waals surface area (Å²) in [5.41, 5.74) is 9.49. The first-order chi connectivity index (χ1) is 8.74. The third-order valence-electron chi connectivity index (χ3n) is 3.94. The predicted octanol–water partition coefficient (Wildman–Crippen LogP) is 3.30. The summed E-state index contributed by atoms with van der Waals surface area (Å²) in [5, 5.41) is 0. The van der Waals surface area contributed by atoms with Crippen molar-refractivity contribution in [2.75, 3.05) is 25.6 Å². The lowest BCUT2D eigenvalue weighted by atomic mass is 9.96. The van der Waals surface area contributed by atoms with Crippen LogP contribution in [0.4, 0.5) is 5.69 Å². The molecule has 0 atom stereocenters. The van der Waals surface area contributed by atoms with Crippen LogP contribution in [0.5, 0.6) is 5.75 Å². The Labute approximate surface area is 117 Å².